The van der Waals surface area contributed by atoms with Gasteiger partial charge in [-0.05, 0) is 31.6 Å². The fourth-order valence-corrected chi connectivity index (χ4v) is 2.97. The number of carbonyl (C=O) groups excluding carboxylic acids is 2. The van der Waals surface area contributed by atoms with Crippen molar-refractivity contribution in [3.8, 4) is 0 Å². The van der Waals surface area contributed by atoms with Gasteiger partial charge < -0.3 is 15.5 Å². The average Bonchev–Trinajstić information content (AvgIpc) is 2.84. The largest absolute Gasteiger partial charge is 0.481 e. The summed E-state index contributed by atoms with van der Waals surface area (Å²) in [5, 5.41) is 20.1. The predicted octanol–water partition coefficient (Wildman–Crippen LogP) is 1.76. The molecule has 0 heterocycles. The van der Waals surface area contributed by atoms with E-state index in [0.717, 1.165) is 6.42 Å². The lowest BCUT2D eigenvalue weighted by atomic mass is 9.89. The highest BCUT2D eigenvalue weighted by Crippen LogP contribution is 2.34. The molecular formula is C17H25NO6. The Hall–Kier alpha value is -2.18. The molecule has 1 rings (SSSR count). The number of hydrogen-bond acceptors (Lipinski definition) is 4. The lowest BCUT2D eigenvalue weighted by molar-refractivity contribution is -0.143. The second-order valence-electron chi connectivity index (χ2n) is 6.08. The smallest absolute Gasteiger partial charge is 0.326 e. The summed E-state index contributed by atoms with van der Waals surface area (Å²) in [6.45, 7) is 2.00. The molecule has 0 aliphatic heterocycles. The molecule has 1 fully saturated rings. The Labute approximate surface area is 141 Å². The SMILES string of the molecule is CC/C=C\C[C@H]1C(=O)CC[C@@H]1CC(=O)N[C@@H](CCC(=O)O)C(=O)O. The van der Waals surface area contributed by atoms with Crippen LogP contribution in [0.4, 0.5) is 0 Å². The zero-order valence-electron chi connectivity index (χ0n) is 13.9. The van der Waals surface area contributed by atoms with Gasteiger partial charge in [-0.25, -0.2) is 4.79 Å². The van der Waals surface area contributed by atoms with Crippen LogP contribution in [0.3, 0.4) is 0 Å². The molecule has 134 valence electrons. The Morgan fingerprint density at radius 2 is 2.00 bits per heavy atom. The molecule has 3 N–H and O–H groups in total. The van der Waals surface area contributed by atoms with E-state index in [1.165, 1.54) is 0 Å². The Kier molecular flexibility index (Phi) is 8.15. The van der Waals surface area contributed by atoms with Gasteiger partial charge in [0.1, 0.15) is 11.8 Å². The number of Topliss-reactive ketones (excluding diaryl/α,β-unsaturated/α-hetero) is 1. The number of ketones is 1. The molecule has 0 radical (unpaired) electrons. The Morgan fingerprint density at radius 1 is 1.29 bits per heavy atom. The molecule has 1 aliphatic carbocycles. The third-order valence-corrected chi connectivity index (χ3v) is 4.26. The van der Waals surface area contributed by atoms with Crippen LogP contribution in [0, 0.1) is 11.8 Å². The van der Waals surface area contributed by atoms with Gasteiger partial charge in [0.2, 0.25) is 5.91 Å². The first-order chi connectivity index (χ1) is 11.3. The minimum absolute atomic E-state index is 0.0899. The van der Waals surface area contributed by atoms with Gasteiger partial charge >= 0.3 is 11.9 Å². The van der Waals surface area contributed by atoms with E-state index in [2.05, 4.69) is 5.32 Å². The molecule has 0 spiro atoms. The number of carboxylic acids is 2. The van der Waals surface area contributed by atoms with Crippen LogP contribution in [0.15, 0.2) is 12.2 Å². The number of rotatable bonds is 10. The van der Waals surface area contributed by atoms with Crippen LogP contribution >= 0.6 is 0 Å². The summed E-state index contributed by atoms with van der Waals surface area (Å²) in [5.41, 5.74) is 0. The minimum atomic E-state index is -1.26. The number of carboxylic acid groups (broad SMARTS) is 2. The molecule has 0 aromatic heterocycles. The Bertz CT molecular complexity index is 513. The number of aliphatic carboxylic acids is 2. The third-order valence-electron chi connectivity index (χ3n) is 4.26. The first kappa shape index (κ1) is 19.9. The van der Waals surface area contributed by atoms with Crippen molar-refractivity contribution < 1.29 is 29.4 Å². The number of nitrogens with one attached hydrogen (secondary N) is 1. The quantitative estimate of drug-likeness (QED) is 0.522. The van der Waals surface area contributed by atoms with E-state index < -0.39 is 23.9 Å². The summed E-state index contributed by atoms with van der Waals surface area (Å²) in [6.07, 6.45) is 6.09. The molecule has 1 aliphatic rings. The maximum Gasteiger partial charge on any atom is 0.326 e. The van der Waals surface area contributed by atoms with E-state index in [-0.39, 0.29) is 36.9 Å². The highest BCUT2D eigenvalue weighted by Gasteiger charge is 2.35. The van der Waals surface area contributed by atoms with E-state index in [1.54, 1.807) is 0 Å². The molecule has 7 heteroatoms. The predicted molar refractivity (Wildman–Crippen MR) is 86.3 cm³/mol. The molecule has 0 bridgehead atoms. The zero-order valence-corrected chi connectivity index (χ0v) is 13.9. The van der Waals surface area contributed by atoms with Gasteiger partial charge in [0.05, 0.1) is 0 Å². The molecule has 7 nitrogen and oxygen atoms in total. The van der Waals surface area contributed by atoms with Crippen LogP contribution in [0.2, 0.25) is 0 Å². The second-order valence-corrected chi connectivity index (χ2v) is 6.08. The summed E-state index contributed by atoms with van der Waals surface area (Å²) in [5.74, 6) is -2.95. The van der Waals surface area contributed by atoms with Gasteiger partial charge in [-0.15, -0.1) is 0 Å². The lowest BCUT2D eigenvalue weighted by Gasteiger charge is -2.19. The van der Waals surface area contributed by atoms with Crippen molar-refractivity contribution in [1.82, 2.24) is 5.32 Å². The van der Waals surface area contributed by atoms with Crippen molar-refractivity contribution in [2.75, 3.05) is 0 Å². The molecule has 1 amide bonds. The summed E-state index contributed by atoms with van der Waals surface area (Å²) in [4.78, 5) is 45.7. The summed E-state index contributed by atoms with van der Waals surface area (Å²) < 4.78 is 0. The average molecular weight is 339 g/mol. The molecule has 3 atom stereocenters. The number of allylic oxidation sites excluding steroid dienone is 2. The highest BCUT2D eigenvalue weighted by atomic mass is 16.4. The van der Waals surface area contributed by atoms with Crippen LogP contribution in [0.5, 0.6) is 0 Å². The molecular weight excluding hydrogens is 314 g/mol. The van der Waals surface area contributed by atoms with Crippen molar-refractivity contribution in [3.05, 3.63) is 12.2 Å². The normalized spacial score (nSPS) is 21.8. The number of amides is 1. The fourth-order valence-electron chi connectivity index (χ4n) is 2.97. The molecule has 24 heavy (non-hydrogen) atoms. The van der Waals surface area contributed by atoms with E-state index in [0.29, 0.717) is 19.3 Å². The Balaban J connectivity index is 2.57. The van der Waals surface area contributed by atoms with Crippen LogP contribution in [-0.2, 0) is 19.2 Å². The van der Waals surface area contributed by atoms with Crippen LogP contribution in [-0.4, -0.2) is 39.9 Å². The first-order valence-electron chi connectivity index (χ1n) is 8.26. The lowest BCUT2D eigenvalue weighted by Crippen LogP contribution is -2.42. The second kappa shape index (κ2) is 9.85. The molecule has 0 aromatic carbocycles. The van der Waals surface area contributed by atoms with Crippen LogP contribution < -0.4 is 5.32 Å². The standard InChI is InChI=1S/C17H25NO6/c1-2-3-4-5-12-11(6-8-14(12)19)10-15(20)18-13(17(23)24)7-9-16(21)22/h3-4,11-13H,2,5-10H2,1H3,(H,18,20)(H,21,22)(H,23,24)/b4-3-/t11-,12-,13+/m1/s1. The van der Waals surface area contributed by atoms with E-state index in [9.17, 15) is 19.2 Å². The van der Waals surface area contributed by atoms with E-state index >= 15 is 0 Å². The van der Waals surface area contributed by atoms with Crippen molar-refractivity contribution in [2.24, 2.45) is 11.8 Å². The van der Waals surface area contributed by atoms with Crippen LogP contribution in [0.25, 0.3) is 0 Å². The van der Waals surface area contributed by atoms with Crippen molar-refractivity contribution in [2.45, 2.75) is 57.9 Å². The minimum Gasteiger partial charge on any atom is -0.481 e. The highest BCUT2D eigenvalue weighted by molar-refractivity contribution is 5.87. The van der Waals surface area contributed by atoms with Gasteiger partial charge in [0.25, 0.3) is 0 Å². The summed E-state index contributed by atoms with van der Waals surface area (Å²) >= 11 is 0. The zero-order chi connectivity index (χ0) is 18.1. The fraction of sp³-hybridized carbons (Fsp3) is 0.647. The topological polar surface area (TPSA) is 121 Å². The molecule has 0 aromatic rings. The Morgan fingerprint density at radius 3 is 2.58 bits per heavy atom. The van der Waals surface area contributed by atoms with Gasteiger partial charge in [-0.2, -0.15) is 0 Å². The summed E-state index contributed by atoms with van der Waals surface area (Å²) in [7, 11) is 0. The molecule has 0 saturated heterocycles. The number of hydrogen-bond donors (Lipinski definition) is 3. The first-order valence-corrected chi connectivity index (χ1v) is 8.26. The van der Waals surface area contributed by atoms with Crippen molar-refractivity contribution in [1.29, 1.82) is 0 Å². The van der Waals surface area contributed by atoms with Gasteiger partial charge in [-0.1, -0.05) is 19.1 Å². The molecule has 0 unspecified atom stereocenters. The maximum absolute atomic E-state index is 12.1. The van der Waals surface area contributed by atoms with Crippen LogP contribution in [0.1, 0.15) is 51.9 Å². The number of carbonyl (C=O) groups is 4. The van der Waals surface area contributed by atoms with E-state index in [4.69, 9.17) is 10.2 Å². The van der Waals surface area contributed by atoms with E-state index in [1.807, 2.05) is 19.1 Å². The van der Waals surface area contributed by atoms with Crippen molar-refractivity contribution >= 4 is 23.6 Å². The third kappa shape index (κ3) is 6.52. The monoisotopic (exact) mass is 339 g/mol. The summed E-state index contributed by atoms with van der Waals surface area (Å²) in [6, 6.07) is -1.22. The van der Waals surface area contributed by atoms with Gasteiger partial charge in [-0.3, -0.25) is 14.4 Å². The van der Waals surface area contributed by atoms with Crippen molar-refractivity contribution in [3.63, 3.8) is 0 Å². The van der Waals surface area contributed by atoms with Gasteiger partial charge in [0, 0.05) is 25.2 Å². The van der Waals surface area contributed by atoms with Gasteiger partial charge in [0.15, 0.2) is 0 Å². The molecule has 1 saturated carbocycles. The maximum atomic E-state index is 12.1.